The van der Waals surface area contributed by atoms with Gasteiger partial charge in [-0.1, -0.05) is 29.8 Å². The molecule has 1 unspecified atom stereocenters. The smallest absolute Gasteiger partial charge is 0.323 e. The van der Waals surface area contributed by atoms with Crippen LogP contribution in [0, 0.1) is 0 Å². The fraction of sp³-hybridized carbons (Fsp3) is 0.176. The van der Waals surface area contributed by atoms with Gasteiger partial charge in [0.1, 0.15) is 0 Å². The van der Waals surface area contributed by atoms with Crippen molar-refractivity contribution in [1.29, 1.82) is 0 Å². The van der Waals surface area contributed by atoms with Gasteiger partial charge in [-0.2, -0.15) is 0 Å². The summed E-state index contributed by atoms with van der Waals surface area (Å²) in [7, 11) is 0. The van der Waals surface area contributed by atoms with Gasteiger partial charge in [0.2, 0.25) is 5.91 Å². The highest BCUT2D eigenvalue weighted by atomic mass is 35.5. The zero-order chi connectivity index (χ0) is 16.4. The first-order chi connectivity index (χ1) is 11.0. The Hall–Kier alpha value is -2.53. The third-order valence-electron chi connectivity index (χ3n) is 3.67. The standard InChI is InChI=1S/C17H16ClN3O2/c1-10(12-5-6-14-15(9-12)21-17(23)20-14)19-16(22)8-11-3-2-4-13(18)7-11/h2-7,9-10H,8H2,1H3,(H,19,22)(H2,20,21,23). The van der Waals surface area contributed by atoms with Crippen molar-refractivity contribution < 1.29 is 4.79 Å². The van der Waals surface area contributed by atoms with E-state index in [1.165, 1.54) is 0 Å². The number of H-pyrrole nitrogens is 2. The second-order valence-corrected chi connectivity index (χ2v) is 5.92. The highest BCUT2D eigenvalue weighted by Crippen LogP contribution is 2.17. The van der Waals surface area contributed by atoms with Crippen LogP contribution >= 0.6 is 11.6 Å². The molecule has 1 atom stereocenters. The number of aromatic amines is 2. The molecule has 0 fully saturated rings. The summed E-state index contributed by atoms with van der Waals surface area (Å²) in [5, 5.41) is 3.57. The van der Waals surface area contributed by atoms with Crippen molar-refractivity contribution in [2.75, 3.05) is 0 Å². The maximum absolute atomic E-state index is 12.2. The first-order valence-electron chi connectivity index (χ1n) is 7.27. The zero-order valence-electron chi connectivity index (χ0n) is 12.5. The minimum absolute atomic E-state index is 0.0811. The monoisotopic (exact) mass is 329 g/mol. The number of nitrogens with one attached hydrogen (secondary N) is 3. The van der Waals surface area contributed by atoms with Crippen molar-refractivity contribution in [1.82, 2.24) is 15.3 Å². The van der Waals surface area contributed by atoms with Crippen molar-refractivity contribution in [2.24, 2.45) is 0 Å². The molecule has 1 amide bonds. The molecule has 0 aliphatic rings. The summed E-state index contributed by atoms with van der Waals surface area (Å²) in [6, 6.07) is 12.7. The first kappa shape index (κ1) is 15.4. The van der Waals surface area contributed by atoms with Crippen molar-refractivity contribution in [3.05, 3.63) is 69.1 Å². The molecule has 0 saturated heterocycles. The van der Waals surface area contributed by atoms with Crippen LogP contribution in [0.15, 0.2) is 47.3 Å². The molecule has 1 aromatic heterocycles. The molecule has 0 bridgehead atoms. The van der Waals surface area contributed by atoms with Crippen LogP contribution in [-0.4, -0.2) is 15.9 Å². The van der Waals surface area contributed by atoms with Gasteiger partial charge >= 0.3 is 5.69 Å². The number of carbonyl (C=O) groups is 1. The van der Waals surface area contributed by atoms with E-state index in [0.29, 0.717) is 5.02 Å². The Balaban J connectivity index is 1.70. The molecular formula is C17H16ClN3O2. The highest BCUT2D eigenvalue weighted by Gasteiger charge is 2.11. The fourth-order valence-corrected chi connectivity index (χ4v) is 2.74. The molecule has 6 heteroatoms. The van der Waals surface area contributed by atoms with E-state index in [9.17, 15) is 9.59 Å². The number of aromatic nitrogens is 2. The molecule has 23 heavy (non-hydrogen) atoms. The van der Waals surface area contributed by atoms with Crippen LogP contribution in [0.2, 0.25) is 5.02 Å². The molecule has 0 saturated carbocycles. The van der Waals surface area contributed by atoms with E-state index in [4.69, 9.17) is 11.6 Å². The second kappa shape index (κ2) is 6.30. The van der Waals surface area contributed by atoms with E-state index < -0.39 is 0 Å². The molecular weight excluding hydrogens is 314 g/mol. The van der Waals surface area contributed by atoms with E-state index in [1.54, 1.807) is 12.1 Å². The first-order valence-corrected chi connectivity index (χ1v) is 7.65. The number of imidazole rings is 1. The summed E-state index contributed by atoms with van der Waals surface area (Å²) in [6.45, 7) is 1.90. The van der Waals surface area contributed by atoms with Crippen molar-refractivity contribution in [2.45, 2.75) is 19.4 Å². The van der Waals surface area contributed by atoms with Crippen LogP contribution < -0.4 is 11.0 Å². The van der Waals surface area contributed by atoms with Crippen LogP contribution in [-0.2, 0) is 11.2 Å². The number of rotatable bonds is 4. The lowest BCUT2D eigenvalue weighted by Gasteiger charge is -2.14. The number of halogens is 1. The molecule has 3 aromatic rings. The lowest BCUT2D eigenvalue weighted by molar-refractivity contribution is -0.121. The second-order valence-electron chi connectivity index (χ2n) is 5.48. The van der Waals surface area contributed by atoms with Gasteiger partial charge < -0.3 is 15.3 Å². The zero-order valence-corrected chi connectivity index (χ0v) is 13.3. The van der Waals surface area contributed by atoms with Crippen LogP contribution in [0.5, 0.6) is 0 Å². The van der Waals surface area contributed by atoms with Gasteiger partial charge in [0.25, 0.3) is 0 Å². The highest BCUT2D eigenvalue weighted by molar-refractivity contribution is 6.30. The summed E-state index contributed by atoms with van der Waals surface area (Å²) in [6.07, 6.45) is 0.272. The summed E-state index contributed by atoms with van der Waals surface area (Å²) in [5.41, 5.74) is 3.02. The van der Waals surface area contributed by atoms with Gasteiger partial charge in [-0.25, -0.2) is 4.79 Å². The Bertz CT molecular complexity index is 913. The Morgan fingerprint density at radius 2 is 1.96 bits per heavy atom. The molecule has 0 aliphatic heterocycles. The summed E-state index contributed by atoms with van der Waals surface area (Å²) in [5.74, 6) is -0.0811. The Labute approximate surface area is 137 Å². The average Bonchev–Trinajstić information content (AvgIpc) is 2.86. The van der Waals surface area contributed by atoms with Gasteiger partial charge in [0.15, 0.2) is 0 Å². The Kier molecular flexibility index (Phi) is 4.21. The van der Waals surface area contributed by atoms with Crippen LogP contribution in [0.25, 0.3) is 11.0 Å². The number of hydrogen-bond acceptors (Lipinski definition) is 2. The Morgan fingerprint density at radius 3 is 2.74 bits per heavy atom. The van der Waals surface area contributed by atoms with E-state index >= 15 is 0 Å². The molecule has 2 aromatic carbocycles. The average molecular weight is 330 g/mol. The molecule has 0 radical (unpaired) electrons. The number of hydrogen-bond donors (Lipinski definition) is 3. The Morgan fingerprint density at radius 1 is 1.17 bits per heavy atom. The molecule has 0 spiro atoms. The van der Waals surface area contributed by atoms with E-state index in [0.717, 1.165) is 22.2 Å². The maximum atomic E-state index is 12.2. The predicted molar refractivity (Wildman–Crippen MR) is 90.6 cm³/mol. The van der Waals surface area contributed by atoms with E-state index in [-0.39, 0.29) is 24.1 Å². The van der Waals surface area contributed by atoms with Gasteiger partial charge in [-0.15, -0.1) is 0 Å². The van der Waals surface area contributed by atoms with Crippen LogP contribution in [0.4, 0.5) is 0 Å². The van der Waals surface area contributed by atoms with Crippen molar-refractivity contribution in [3.8, 4) is 0 Å². The largest absolute Gasteiger partial charge is 0.349 e. The number of benzene rings is 2. The third kappa shape index (κ3) is 3.63. The molecule has 118 valence electrons. The minimum atomic E-state index is -0.241. The lowest BCUT2D eigenvalue weighted by atomic mass is 10.1. The summed E-state index contributed by atoms with van der Waals surface area (Å²) >= 11 is 5.92. The molecule has 3 rings (SSSR count). The topological polar surface area (TPSA) is 77.8 Å². The quantitative estimate of drug-likeness (QED) is 0.688. The van der Waals surface area contributed by atoms with Gasteiger partial charge in [-0.05, 0) is 42.3 Å². The van der Waals surface area contributed by atoms with Gasteiger partial charge in [0.05, 0.1) is 23.5 Å². The third-order valence-corrected chi connectivity index (χ3v) is 3.91. The molecule has 1 heterocycles. The minimum Gasteiger partial charge on any atom is -0.349 e. The molecule has 5 nitrogen and oxygen atoms in total. The van der Waals surface area contributed by atoms with Crippen molar-refractivity contribution >= 4 is 28.5 Å². The summed E-state index contributed by atoms with van der Waals surface area (Å²) < 4.78 is 0. The van der Waals surface area contributed by atoms with Crippen LogP contribution in [0.1, 0.15) is 24.1 Å². The van der Waals surface area contributed by atoms with E-state index in [2.05, 4.69) is 15.3 Å². The van der Waals surface area contributed by atoms with Crippen LogP contribution in [0.3, 0.4) is 0 Å². The fourth-order valence-electron chi connectivity index (χ4n) is 2.53. The maximum Gasteiger partial charge on any atom is 0.323 e. The number of carbonyl (C=O) groups excluding carboxylic acids is 1. The van der Waals surface area contributed by atoms with Gasteiger partial charge in [0, 0.05) is 5.02 Å². The lowest BCUT2D eigenvalue weighted by Crippen LogP contribution is -2.28. The molecule has 3 N–H and O–H groups in total. The van der Waals surface area contributed by atoms with E-state index in [1.807, 2.05) is 37.3 Å². The summed E-state index contributed by atoms with van der Waals surface area (Å²) in [4.78, 5) is 28.9. The molecule has 0 aliphatic carbocycles. The number of fused-ring (bicyclic) bond motifs is 1. The van der Waals surface area contributed by atoms with Gasteiger partial charge in [-0.3, -0.25) is 4.79 Å². The SMILES string of the molecule is CC(NC(=O)Cc1cccc(Cl)c1)c1ccc2[nH]c(=O)[nH]c2c1. The number of amides is 1. The normalized spacial score (nSPS) is 12.3. The van der Waals surface area contributed by atoms with Crippen molar-refractivity contribution in [3.63, 3.8) is 0 Å². The predicted octanol–water partition coefficient (Wildman–Crippen LogP) is 2.93.